The minimum absolute atomic E-state index is 0.0778. The largest absolute Gasteiger partial charge is 0.506 e. The molecule has 0 unspecified atom stereocenters. The number of imide groups is 1. The third kappa shape index (κ3) is 4.90. The van der Waals surface area contributed by atoms with Crippen LogP contribution in [0.15, 0.2) is 47.4 Å². The van der Waals surface area contributed by atoms with E-state index in [0.29, 0.717) is 37.6 Å². The van der Waals surface area contributed by atoms with Crippen LogP contribution in [0.2, 0.25) is 5.02 Å². The van der Waals surface area contributed by atoms with Crippen LogP contribution in [0.4, 0.5) is 16.2 Å². The van der Waals surface area contributed by atoms with E-state index < -0.39 is 23.6 Å². The number of ether oxygens (including phenoxy) is 1. The molecule has 32 heavy (non-hydrogen) atoms. The van der Waals surface area contributed by atoms with E-state index >= 15 is 0 Å². The predicted molar refractivity (Wildman–Crippen MR) is 124 cm³/mol. The van der Waals surface area contributed by atoms with Crippen molar-refractivity contribution in [1.82, 2.24) is 4.90 Å². The van der Waals surface area contributed by atoms with E-state index in [4.69, 9.17) is 16.3 Å². The first-order valence-electron chi connectivity index (χ1n) is 9.88. The lowest BCUT2D eigenvalue weighted by Crippen LogP contribution is -2.38. The Morgan fingerprint density at radius 1 is 1.19 bits per heavy atom. The number of hydrogen-bond donors (Lipinski definition) is 2. The van der Waals surface area contributed by atoms with Crippen molar-refractivity contribution in [3.05, 3.63) is 58.0 Å². The molecule has 2 saturated heterocycles. The number of phenols is 1. The molecule has 2 N–H and O–H groups in total. The van der Waals surface area contributed by atoms with Gasteiger partial charge in [0.2, 0.25) is 5.91 Å². The first kappa shape index (κ1) is 22.2. The van der Waals surface area contributed by atoms with Gasteiger partial charge in [-0.15, -0.1) is 0 Å². The van der Waals surface area contributed by atoms with Crippen LogP contribution < -0.4 is 10.2 Å². The second-order valence-electron chi connectivity index (χ2n) is 7.14. The molecule has 166 valence electrons. The lowest BCUT2D eigenvalue weighted by molar-refractivity contribution is -0.127. The number of carbonyl (C=O) groups is 3. The third-order valence-corrected chi connectivity index (χ3v) is 6.18. The number of para-hydroxylation sites is 2. The Labute approximate surface area is 193 Å². The Morgan fingerprint density at radius 2 is 1.94 bits per heavy atom. The summed E-state index contributed by atoms with van der Waals surface area (Å²) in [4.78, 5) is 40.9. The second-order valence-corrected chi connectivity index (χ2v) is 8.54. The molecule has 2 fully saturated rings. The average Bonchev–Trinajstić information content (AvgIpc) is 3.04. The lowest BCUT2D eigenvalue weighted by atomic mass is 10.2. The van der Waals surface area contributed by atoms with E-state index in [-0.39, 0.29) is 15.7 Å². The standard InChI is InChI=1S/C22H20ClN3O5S/c23-15-11-14(5-6-18(15)27)12-19-21(29)26(22(30)32-19)13-20(28)24-16-3-1-2-4-17(16)25-7-9-31-10-8-25/h1-6,11-12,27H,7-10,13H2,(H,24,28)/b19-12+. The zero-order valence-corrected chi connectivity index (χ0v) is 18.5. The van der Waals surface area contributed by atoms with Gasteiger partial charge >= 0.3 is 0 Å². The first-order valence-corrected chi connectivity index (χ1v) is 11.1. The molecule has 3 amide bonds. The van der Waals surface area contributed by atoms with Crippen LogP contribution in [0.5, 0.6) is 5.75 Å². The average molecular weight is 474 g/mol. The molecule has 2 aromatic rings. The predicted octanol–water partition coefficient (Wildman–Crippen LogP) is 3.56. The molecule has 0 aromatic heterocycles. The maximum atomic E-state index is 12.7. The quantitative estimate of drug-likeness (QED) is 0.640. The number of morpholine rings is 1. The number of nitrogens with zero attached hydrogens (tertiary/aromatic N) is 2. The zero-order valence-electron chi connectivity index (χ0n) is 16.9. The highest BCUT2D eigenvalue weighted by atomic mass is 35.5. The van der Waals surface area contributed by atoms with Crippen LogP contribution in [-0.4, -0.2) is 59.9 Å². The highest BCUT2D eigenvalue weighted by molar-refractivity contribution is 8.18. The van der Waals surface area contributed by atoms with Gasteiger partial charge in [-0.1, -0.05) is 29.8 Å². The van der Waals surface area contributed by atoms with Gasteiger partial charge in [0.05, 0.1) is 34.5 Å². The van der Waals surface area contributed by atoms with Crippen molar-refractivity contribution in [2.24, 2.45) is 0 Å². The summed E-state index contributed by atoms with van der Waals surface area (Å²) in [5, 5.41) is 11.9. The number of anilines is 2. The van der Waals surface area contributed by atoms with Crippen LogP contribution in [-0.2, 0) is 14.3 Å². The summed E-state index contributed by atoms with van der Waals surface area (Å²) in [6.45, 7) is 2.25. The molecule has 0 radical (unpaired) electrons. The molecule has 10 heteroatoms. The molecule has 2 aliphatic rings. The number of thioether (sulfide) groups is 1. The molecule has 8 nitrogen and oxygen atoms in total. The molecule has 2 heterocycles. The fourth-order valence-corrected chi connectivity index (χ4v) is 4.42. The normalized spacial score (nSPS) is 17.8. The molecular formula is C22H20ClN3O5S. The number of carbonyl (C=O) groups excluding carboxylic acids is 3. The van der Waals surface area contributed by atoms with Crippen molar-refractivity contribution in [2.45, 2.75) is 0 Å². The zero-order chi connectivity index (χ0) is 22.7. The van der Waals surface area contributed by atoms with Gasteiger partial charge in [0.25, 0.3) is 11.1 Å². The summed E-state index contributed by atoms with van der Waals surface area (Å²) in [6, 6.07) is 11.8. The lowest BCUT2D eigenvalue weighted by Gasteiger charge is -2.30. The van der Waals surface area contributed by atoms with E-state index in [1.807, 2.05) is 18.2 Å². The summed E-state index contributed by atoms with van der Waals surface area (Å²) in [6.07, 6.45) is 1.50. The fraction of sp³-hybridized carbons (Fsp3) is 0.227. The van der Waals surface area contributed by atoms with Gasteiger partial charge in [-0.3, -0.25) is 19.3 Å². The van der Waals surface area contributed by atoms with Crippen LogP contribution in [0.1, 0.15) is 5.56 Å². The molecule has 2 aromatic carbocycles. The minimum Gasteiger partial charge on any atom is -0.506 e. The van der Waals surface area contributed by atoms with Crippen molar-refractivity contribution in [2.75, 3.05) is 43.1 Å². The number of hydrogen-bond acceptors (Lipinski definition) is 7. The Kier molecular flexibility index (Phi) is 6.69. The van der Waals surface area contributed by atoms with Crippen molar-refractivity contribution >= 4 is 57.9 Å². The number of halogens is 1. The topological polar surface area (TPSA) is 99.2 Å². The maximum Gasteiger partial charge on any atom is 0.294 e. The summed E-state index contributed by atoms with van der Waals surface area (Å²) in [5.74, 6) is -1.10. The molecule has 0 aliphatic carbocycles. The smallest absolute Gasteiger partial charge is 0.294 e. The molecule has 2 aliphatic heterocycles. The second kappa shape index (κ2) is 9.64. The van der Waals surface area contributed by atoms with E-state index in [1.165, 1.54) is 18.2 Å². The molecule has 0 bridgehead atoms. The van der Waals surface area contributed by atoms with Gasteiger partial charge in [0, 0.05) is 13.1 Å². The molecule has 0 atom stereocenters. The molecule has 4 rings (SSSR count). The number of amides is 3. The number of nitrogens with one attached hydrogen (secondary N) is 1. The van der Waals surface area contributed by atoms with E-state index in [2.05, 4.69) is 10.2 Å². The Hall–Kier alpha value is -3.01. The van der Waals surface area contributed by atoms with Crippen LogP contribution in [0, 0.1) is 0 Å². The van der Waals surface area contributed by atoms with Gasteiger partial charge < -0.3 is 20.1 Å². The fourth-order valence-electron chi connectivity index (χ4n) is 3.39. The Bertz CT molecular complexity index is 1100. The SMILES string of the molecule is O=C(CN1C(=O)S/C(=C/c2ccc(O)c(Cl)c2)C1=O)Nc1ccccc1N1CCOCC1. The summed E-state index contributed by atoms with van der Waals surface area (Å²) in [5.41, 5.74) is 2.03. The van der Waals surface area contributed by atoms with Crippen molar-refractivity contribution < 1.29 is 24.2 Å². The van der Waals surface area contributed by atoms with Crippen molar-refractivity contribution in [3.8, 4) is 5.75 Å². The summed E-state index contributed by atoms with van der Waals surface area (Å²) in [7, 11) is 0. The summed E-state index contributed by atoms with van der Waals surface area (Å²) < 4.78 is 5.38. The first-order chi connectivity index (χ1) is 15.4. The van der Waals surface area contributed by atoms with Crippen LogP contribution >= 0.6 is 23.4 Å². The van der Waals surface area contributed by atoms with Gasteiger partial charge in [0.15, 0.2) is 0 Å². The van der Waals surface area contributed by atoms with Gasteiger partial charge in [-0.2, -0.15) is 0 Å². The molecule has 0 spiro atoms. The Balaban J connectivity index is 1.45. The molecular weight excluding hydrogens is 454 g/mol. The van der Waals surface area contributed by atoms with E-state index in [9.17, 15) is 19.5 Å². The van der Waals surface area contributed by atoms with E-state index in [1.54, 1.807) is 12.1 Å². The maximum absolute atomic E-state index is 12.7. The van der Waals surface area contributed by atoms with Crippen LogP contribution in [0.25, 0.3) is 6.08 Å². The highest BCUT2D eigenvalue weighted by Gasteiger charge is 2.36. The Morgan fingerprint density at radius 3 is 2.69 bits per heavy atom. The van der Waals surface area contributed by atoms with Gasteiger partial charge in [-0.05, 0) is 47.7 Å². The van der Waals surface area contributed by atoms with Gasteiger partial charge in [-0.25, -0.2) is 0 Å². The molecule has 0 saturated carbocycles. The van der Waals surface area contributed by atoms with Crippen molar-refractivity contribution in [1.29, 1.82) is 0 Å². The monoisotopic (exact) mass is 473 g/mol. The third-order valence-electron chi connectivity index (χ3n) is 4.97. The van der Waals surface area contributed by atoms with Crippen molar-refractivity contribution in [3.63, 3.8) is 0 Å². The number of phenolic OH excluding ortho intramolecular Hbond substituents is 1. The van der Waals surface area contributed by atoms with E-state index in [0.717, 1.165) is 22.3 Å². The van der Waals surface area contributed by atoms with Crippen LogP contribution in [0.3, 0.4) is 0 Å². The number of rotatable bonds is 5. The van der Waals surface area contributed by atoms with Gasteiger partial charge in [0.1, 0.15) is 12.3 Å². The highest BCUT2D eigenvalue weighted by Crippen LogP contribution is 2.34. The number of benzene rings is 2. The minimum atomic E-state index is -0.555. The summed E-state index contributed by atoms with van der Waals surface area (Å²) >= 11 is 6.65. The number of aromatic hydroxyl groups is 1.